The van der Waals surface area contributed by atoms with Crippen molar-refractivity contribution in [2.75, 3.05) is 5.32 Å². The summed E-state index contributed by atoms with van der Waals surface area (Å²) in [5.74, 6) is 0.176. The molecule has 1 fully saturated rings. The molecular weight excluding hydrogens is 484 g/mol. The molecule has 0 bridgehead atoms. The Bertz CT molecular complexity index is 1160. The molecule has 4 rings (SSSR count). The van der Waals surface area contributed by atoms with Crippen molar-refractivity contribution in [3.63, 3.8) is 0 Å². The molecule has 182 valence electrons. The Hall–Kier alpha value is -3.51. The van der Waals surface area contributed by atoms with Gasteiger partial charge in [-0.15, -0.1) is 10.2 Å². The largest absolute Gasteiger partial charge is 0.378 e. The predicted molar refractivity (Wildman–Crippen MR) is 138 cm³/mol. The van der Waals surface area contributed by atoms with Gasteiger partial charge >= 0.3 is 0 Å². The average molecular weight is 511 g/mol. The normalized spacial score (nSPS) is 12.9. The summed E-state index contributed by atoms with van der Waals surface area (Å²) in [5.41, 5.74) is 7.06. The number of amidine groups is 1. The van der Waals surface area contributed by atoms with Gasteiger partial charge in [-0.3, -0.25) is 25.0 Å². The number of nitrogens with two attached hydrogens (primary N) is 1. The number of aryl methyl sites for hydroxylation is 1. The van der Waals surface area contributed by atoms with E-state index in [0.29, 0.717) is 21.8 Å². The number of nitrogens with one attached hydrogen (secondary N) is 2. The molecule has 0 aliphatic heterocycles. The van der Waals surface area contributed by atoms with Crippen LogP contribution < -0.4 is 11.1 Å². The Morgan fingerprint density at radius 1 is 1.11 bits per heavy atom. The fourth-order valence-corrected chi connectivity index (χ4v) is 4.10. The topological polar surface area (TPSA) is 160 Å². The Morgan fingerprint density at radius 2 is 1.77 bits per heavy atom. The minimum absolute atomic E-state index is 0.130. The number of hydrogen-bond acceptors (Lipinski definition) is 9. The third-order valence-electron chi connectivity index (χ3n) is 4.53. The van der Waals surface area contributed by atoms with Gasteiger partial charge in [-0.05, 0) is 68.1 Å². The minimum atomic E-state index is -0.331. The molecule has 0 unspecified atom stereocenters. The third-order valence-corrected chi connectivity index (χ3v) is 6.00. The second kappa shape index (κ2) is 13.4. The van der Waals surface area contributed by atoms with Crippen molar-refractivity contribution in [1.29, 1.82) is 5.41 Å². The number of rotatable bonds is 7. The highest BCUT2D eigenvalue weighted by Gasteiger charge is 2.23. The van der Waals surface area contributed by atoms with Crippen LogP contribution in [-0.2, 0) is 22.4 Å². The standard InChI is InChI=1S/C13H16N4OS.C10H10N4OS/c14-11(7-9-4-5-9)19-13(15)17-12(18)8-10-3-1-2-6-16-10;1-7-13-14-10(16-7)12-9(15)6-8-4-2-3-5-11-8/h1-3,6,9,14H,4-5,7-8H2,(H2,15,17,18);2-5H,6H2,1H3,(H,12,14,15). The van der Waals surface area contributed by atoms with Crippen LogP contribution in [0.2, 0.25) is 0 Å². The van der Waals surface area contributed by atoms with E-state index in [4.69, 9.17) is 11.1 Å². The minimum Gasteiger partial charge on any atom is -0.378 e. The van der Waals surface area contributed by atoms with Gasteiger partial charge in [-0.2, -0.15) is 4.99 Å². The number of pyridine rings is 2. The average Bonchev–Trinajstić information content (AvgIpc) is 3.53. The van der Waals surface area contributed by atoms with Crippen molar-refractivity contribution >= 4 is 50.3 Å². The Kier molecular flexibility index (Phi) is 9.99. The van der Waals surface area contributed by atoms with Gasteiger partial charge in [0.1, 0.15) is 5.01 Å². The highest BCUT2D eigenvalue weighted by Crippen LogP contribution is 2.34. The van der Waals surface area contributed by atoms with E-state index in [-0.39, 0.29) is 29.8 Å². The molecule has 12 heteroatoms. The summed E-state index contributed by atoms with van der Waals surface area (Å²) in [6, 6.07) is 10.9. The van der Waals surface area contributed by atoms with Gasteiger partial charge in [-0.25, -0.2) is 0 Å². The first kappa shape index (κ1) is 26.1. The molecule has 10 nitrogen and oxygen atoms in total. The molecule has 0 radical (unpaired) electrons. The van der Waals surface area contributed by atoms with Gasteiger partial charge in [0.2, 0.25) is 11.0 Å². The fraction of sp³-hybridized carbons (Fsp3) is 0.304. The van der Waals surface area contributed by atoms with Crippen LogP contribution in [0.15, 0.2) is 53.8 Å². The quantitative estimate of drug-likeness (QED) is 0.322. The van der Waals surface area contributed by atoms with Gasteiger partial charge in [0.15, 0.2) is 5.17 Å². The van der Waals surface area contributed by atoms with Crippen molar-refractivity contribution in [3.05, 3.63) is 65.2 Å². The van der Waals surface area contributed by atoms with Crippen molar-refractivity contribution in [2.45, 2.75) is 39.0 Å². The lowest BCUT2D eigenvalue weighted by atomic mass is 10.2. The van der Waals surface area contributed by atoms with Crippen LogP contribution >= 0.6 is 23.1 Å². The monoisotopic (exact) mass is 510 g/mol. The maximum atomic E-state index is 11.6. The van der Waals surface area contributed by atoms with Gasteiger partial charge in [0.25, 0.3) is 5.91 Å². The van der Waals surface area contributed by atoms with Crippen LogP contribution in [0.5, 0.6) is 0 Å². The molecule has 2 amide bonds. The number of hydrogen-bond donors (Lipinski definition) is 3. The van der Waals surface area contributed by atoms with E-state index in [1.54, 1.807) is 24.5 Å². The smallest absolute Gasteiger partial charge is 0.254 e. The molecule has 3 heterocycles. The summed E-state index contributed by atoms with van der Waals surface area (Å²) < 4.78 is 0. The number of aliphatic imine (C=N–C) groups is 1. The molecule has 35 heavy (non-hydrogen) atoms. The molecule has 1 aliphatic rings. The van der Waals surface area contributed by atoms with Crippen molar-refractivity contribution in [2.24, 2.45) is 16.6 Å². The van der Waals surface area contributed by atoms with Crippen LogP contribution in [0.25, 0.3) is 0 Å². The second-order valence-corrected chi connectivity index (χ2v) is 9.98. The molecule has 0 saturated heterocycles. The predicted octanol–water partition coefficient (Wildman–Crippen LogP) is 3.40. The summed E-state index contributed by atoms with van der Waals surface area (Å²) in [6.45, 7) is 1.84. The molecule has 0 aromatic carbocycles. The van der Waals surface area contributed by atoms with E-state index in [1.165, 1.54) is 24.2 Å². The van der Waals surface area contributed by atoms with Crippen LogP contribution in [0.4, 0.5) is 5.13 Å². The number of anilines is 1. The van der Waals surface area contributed by atoms with E-state index in [2.05, 4.69) is 30.5 Å². The lowest BCUT2D eigenvalue weighted by Crippen LogP contribution is -2.14. The zero-order chi connectivity index (χ0) is 25.0. The third kappa shape index (κ3) is 10.5. The highest BCUT2D eigenvalue weighted by atomic mass is 32.2. The van der Waals surface area contributed by atoms with Gasteiger partial charge < -0.3 is 11.1 Å². The fourth-order valence-electron chi connectivity index (χ4n) is 2.77. The van der Waals surface area contributed by atoms with Gasteiger partial charge in [0, 0.05) is 23.8 Å². The van der Waals surface area contributed by atoms with E-state index < -0.39 is 0 Å². The van der Waals surface area contributed by atoms with Crippen molar-refractivity contribution in [1.82, 2.24) is 20.2 Å². The number of carbonyl (C=O) groups is 2. The number of aromatic nitrogens is 4. The van der Waals surface area contributed by atoms with Gasteiger partial charge in [-0.1, -0.05) is 23.5 Å². The van der Waals surface area contributed by atoms with E-state index in [0.717, 1.165) is 28.9 Å². The first-order valence-corrected chi connectivity index (χ1v) is 12.5. The number of carbonyl (C=O) groups excluding carboxylic acids is 2. The van der Waals surface area contributed by atoms with Crippen LogP contribution in [0.3, 0.4) is 0 Å². The highest BCUT2D eigenvalue weighted by molar-refractivity contribution is 8.26. The Labute approximate surface area is 211 Å². The zero-order valence-electron chi connectivity index (χ0n) is 19.2. The van der Waals surface area contributed by atoms with Crippen LogP contribution in [0.1, 0.15) is 35.7 Å². The van der Waals surface area contributed by atoms with Crippen LogP contribution in [0, 0.1) is 18.3 Å². The van der Waals surface area contributed by atoms with E-state index in [1.807, 2.05) is 31.2 Å². The summed E-state index contributed by atoms with van der Waals surface area (Å²) in [4.78, 5) is 35.1. The Balaban J connectivity index is 0.000000198. The number of thioether (sulfide) groups is 1. The lowest BCUT2D eigenvalue weighted by molar-refractivity contribution is -0.117. The molecule has 1 saturated carbocycles. The summed E-state index contributed by atoms with van der Waals surface area (Å²) in [5, 5.41) is 20.0. The van der Waals surface area contributed by atoms with Crippen molar-refractivity contribution < 1.29 is 9.59 Å². The molecule has 3 aromatic rings. The van der Waals surface area contributed by atoms with Gasteiger partial charge in [0.05, 0.1) is 17.9 Å². The van der Waals surface area contributed by atoms with E-state index >= 15 is 0 Å². The summed E-state index contributed by atoms with van der Waals surface area (Å²) in [6.07, 6.45) is 6.82. The maximum absolute atomic E-state index is 11.6. The first-order chi connectivity index (χ1) is 16.9. The second-order valence-electron chi connectivity index (χ2n) is 7.69. The number of nitrogens with zero attached hydrogens (tertiary/aromatic N) is 5. The molecule has 1 aliphatic carbocycles. The summed E-state index contributed by atoms with van der Waals surface area (Å²) in [7, 11) is 0. The molecule has 0 atom stereocenters. The lowest BCUT2D eigenvalue weighted by Gasteiger charge is -2.01. The molecule has 3 aromatic heterocycles. The molecule has 0 spiro atoms. The SMILES string of the molecule is Cc1nnc(NC(=O)Cc2ccccn2)s1.N=C(CC1CC1)SC(N)=NC(=O)Cc1ccccn1. The molecule has 4 N–H and O–H groups in total. The Morgan fingerprint density at radius 3 is 2.31 bits per heavy atom. The van der Waals surface area contributed by atoms with Crippen LogP contribution in [-0.4, -0.2) is 42.2 Å². The van der Waals surface area contributed by atoms with E-state index in [9.17, 15) is 9.59 Å². The maximum Gasteiger partial charge on any atom is 0.254 e. The molecular formula is C23H26N8O2S2. The summed E-state index contributed by atoms with van der Waals surface area (Å²) >= 11 is 2.43. The number of amides is 2. The zero-order valence-corrected chi connectivity index (χ0v) is 20.8. The van der Waals surface area contributed by atoms with Crippen molar-refractivity contribution in [3.8, 4) is 0 Å². The first-order valence-electron chi connectivity index (χ1n) is 10.9.